The van der Waals surface area contributed by atoms with E-state index in [1.807, 2.05) is 12.1 Å². The lowest BCUT2D eigenvalue weighted by molar-refractivity contribution is -0.136. The van der Waals surface area contributed by atoms with Gasteiger partial charge in [0.25, 0.3) is 0 Å². The molecule has 1 N–H and O–H groups in total. The number of halogens is 3. The molecule has 0 saturated heterocycles. The Labute approximate surface area is 136 Å². The Kier molecular flexibility index (Phi) is 5.28. The lowest BCUT2D eigenvalue weighted by Crippen LogP contribution is -2.16. The second kappa shape index (κ2) is 7.38. The summed E-state index contributed by atoms with van der Waals surface area (Å²) in [6, 6.07) is 13.3. The van der Waals surface area contributed by atoms with Crippen LogP contribution < -0.4 is 10.1 Å². The number of nitrogens with one attached hydrogen (secondary N) is 1. The van der Waals surface area contributed by atoms with Crippen molar-refractivity contribution in [2.45, 2.75) is 6.18 Å². The highest BCUT2D eigenvalue weighted by molar-refractivity contribution is 5.57. The van der Waals surface area contributed by atoms with E-state index in [1.54, 1.807) is 24.3 Å². The zero-order valence-corrected chi connectivity index (χ0v) is 12.4. The SMILES string of the molecule is N#Cc1ccc(OCCNc2cc(C#N)ccc2C(F)(F)F)cc1. The third-order valence-electron chi connectivity index (χ3n) is 3.12. The van der Waals surface area contributed by atoms with E-state index in [1.165, 1.54) is 0 Å². The van der Waals surface area contributed by atoms with Crippen molar-refractivity contribution in [3.05, 3.63) is 59.2 Å². The standard InChI is InChI=1S/C17H12F3N3O/c18-17(19,20)15-6-3-13(11-22)9-16(15)23-7-8-24-14-4-1-12(10-21)2-5-14/h1-6,9,23H,7-8H2. The molecule has 0 aliphatic carbocycles. The Hall–Kier alpha value is -3.19. The largest absolute Gasteiger partial charge is 0.492 e. The molecule has 122 valence electrons. The van der Waals surface area contributed by atoms with Gasteiger partial charge in [-0.15, -0.1) is 0 Å². The van der Waals surface area contributed by atoms with Crippen LogP contribution in [-0.4, -0.2) is 13.2 Å². The number of alkyl halides is 3. The predicted molar refractivity (Wildman–Crippen MR) is 81.3 cm³/mol. The summed E-state index contributed by atoms with van der Waals surface area (Å²) in [6.07, 6.45) is -4.51. The van der Waals surface area contributed by atoms with E-state index >= 15 is 0 Å². The average molecular weight is 331 g/mol. The van der Waals surface area contributed by atoms with Crippen molar-refractivity contribution in [2.75, 3.05) is 18.5 Å². The molecule has 0 saturated carbocycles. The van der Waals surface area contributed by atoms with Crippen molar-refractivity contribution in [3.63, 3.8) is 0 Å². The number of rotatable bonds is 5. The van der Waals surface area contributed by atoms with E-state index in [2.05, 4.69) is 5.32 Å². The molecule has 2 aromatic rings. The summed E-state index contributed by atoms with van der Waals surface area (Å²) in [6.45, 7) is 0.248. The number of benzene rings is 2. The third kappa shape index (κ3) is 4.40. The highest BCUT2D eigenvalue weighted by Gasteiger charge is 2.33. The fraction of sp³-hybridized carbons (Fsp3) is 0.176. The molecule has 0 aromatic heterocycles. The molecule has 0 radical (unpaired) electrons. The van der Waals surface area contributed by atoms with Gasteiger partial charge >= 0.3 is 6.18 Å². The highest BCUT2D eigenvalue weighted by Crippen LogP contribution is 2.35. The molecule has 0 heterocycles. The number of hydrogen-bond donors (Lipinski definition) is 1. The van der Waals surface area contributed by atoms with E-state index < -0.39 is 11.7 Å². The van der Waals surface area contributed by atoms with Crippen LogP contribution in [0.3, 0.4) is 0 Å². The van der Waals surface area contributed by atoms with Crippen LogP contribution in [0.15, 0.2) is 42.5 Å². The molecular formula is C17H12F3N3O. The Bertz CT molecular complexity index is 787. The maximum absolute atomic E-state index is 12.9. The third-order valence-corrected chi connectivity index (χ3v) is 3.12. The van der Waals surface area contributed by atoms with Gasteiger partial charge in [0.15, 0.2) is 0 Å². The lowest BCUT2D eigenvalue weighted by Gasteiger charge is -2.15. The summed E-state index contributed by atoms with van der Waals surface area (Å²) < 4.78 is 44.2. The van der Waals surface area contributed by atoms with E-state index in [-0.39, 0.29) is 24.4 Å². The van der Waals surface area contributed by atoms with Crippen LogP contribution in [0.5, 0.6) is 5.75 Å². The molecule has 0 aliphatic rings. The summed E-state index contributed by atoms with van der Waals surface area (Å²) in [4.78, 5) is 0. The van der Waals surface area contributed by atoms with Crippen molar-refractivity contribution in [1.82, 2.24) is 0 Å². The van der Waals surface area contributed by atoms with Crippen LogP contribution in [0, 0.1) is 22.7 Å². The normalized spacial score (nSPS) is 10.5. The van der Waals surface area contributed by atoms with Gasteiger partial charge in [-0.1, -0.05) is 0 Å². The molecule has 0 amide bonds. The molecule has 0 spiro atoms. The van der Waals surface area contributed by atoms with Crippen LogP contribution in [-0.2, 0) is 6.18 Å². The first-order valence-electron chi connectivity index (χ1n) is 6.92. The zero-order valence-electron chi connectivity index (χ0n) is 12.4. The molecule has 0 unspecified atom stereocenters. The summed E-state index contributed by atoms with van der Waals surface area (Å²) in [7, 11) is 0. The molecule has 0 fully saturated rings. The number of anilines is 1. The lowest BCUT2D eigenvalue weighted by atomic mass is 10.1. The Morgan fingerprint density at radius 1 is 0.958 bits per heavy atom. The van der Waals surface area contributed by atoms with E-state index in [0.717, 1.165) is 18.2 Å². The van der Waals surface area contributed by atoms with E-state index in [9.17, 15) is 13.2 Å². The van der Waals surface area contributed by atoms with Crippen LogP contribution in [0.1, 0.15) is 16.7 Å². The van der Waals surface area contributed by atoms with Gasteiger partial charge in [0.2, 0.25) is 0 Å². The quantitative estimate of drug-likeness (QED) is 0.843. The van der Waals surface area contributed by atoms with Crippen LogP contribution in [0.25, 0.3) is 0 Å². The Morgan fingerprint density at radius 2 is 1.58 bits per heavy atom. The van der Waals surface area contributed by atoms with Crippen LogP contribution >= 0.6 is 0 Å². The molecular weight excluding hydrogens is 319 g/mol. The summed E-state index contributed by atoms with van der Waals surface area (Å²) in [5.74, 6) is 0.512. The number of nitriles is 2. The van der Waals surface area contributed by atoms with Crippen molar-refractivity contribution < 1.29 is 17.9 Å². The van der Waals surface area contributed by atoms with E-state index in [0.29, 0.717) is 11.3 Å². The predicted octanol–water partition coefficient (Wildman–Crippen LogP) is 3.94. The van der Waals surface area contributed by atoms with Gasteiger partial charge < -0.3 is 10.1 Å². The minimum atomic E-state index is -4.51. The van der Waals surface area contributed by atoms with Gasteiger partial charge in [0.05, 0.1) is 28.8 Å². The molecule has 2 rings (SSSR count). The first kappa shape index (κ1) is 17.2. The van der Waals surface area contributed by atoms with Crippen molar-refractivity contribution in [3.8, 4) is 17.9 Å². The van der Waals surface area contributed by atoms with Gasteiger partial charge in [-0.25, -0.2) is 0 Å². The Morgan fingerprint density at radius 3 is 2.17 bits per heavy atom. The van der Waals surface area contributed by atoms with Crippen LogP contribution in [0.2, 0.25) is 0 Å². The van der Waals surface area contributed by atoms with Gasteiger partial charge in [-0.2, -0.15) is 23.7 Å². The van der Waals surface area contributed by atoms with Crippen LogP contribution in [0.4, 0.5) is 18.9 Å². The summed E-state index contributed by atoms with van der Waals surface area (Å²) in [5, 5.41) is 20.1. The van der Waals surface area contributed by atoms with Crippen molar-refractivity contribution >= 4 is 5.69 Å². The molecule has 0 atom stereocenters. The van der Waals surface area contributed by atoms with E-state index in [4.69, 9.17) is 15.3 Å². The molecule has 24 heavy (non-hydrogen) atoms. The fourth-order valence-electron chi connectivity index (χ4n) is 1.99. The minimum absolute atomic E-state index is 0.123. The van der Waals surface area contributed by atoms with Gasteiger partial charge in [-0.3, -0.25) is 0 Å². The zero-order chi connectivity index (χ0) is 17.6. The van der Waals surface area contributed by atoms with Gasteiger partial charge in [0, 0.05) is 12.2 Å². The molecule has 4 nitrogen and oxygen atoms in total. The maximum Gasteiger partial charge on any atom is 0.418 e. The topological polar surface area (TPSA) is 68.8 Å². The molecule has 2 aromatic carbocycles. The average Bonchev–Trinajstić information content (AvgIpc) is 2.58. The minimum Gasteiger partial charge on any atom is -0.492 e. The smallest absolute Gasteiger partial charge is 0.418 e. The number of ether oxygens (including phenoxy) is 1. The first-order valence-corrected chi connectivity index (χ1v) is 6.92. The van der Waals surface area contributed by atoms with Crippen molar-refractivity contribution in [2.24, 2.45) is 0 Å². The van der Waals surface area contributed by atoms with Gasteiger partial charge in [0.1, 0.15) is 12.4 Å². The summed E-state index contributed by atoms with van der Waals surface area (Å²) in [5.41, 5.74) is -0.369. The molecule has 0 aliphatic heterocycles. The second-order valence-electron chi connectivity index (χ2n) is 4.78. The first-order chi connectivity index (χ1) is 11.4. The maximum atomic E-state index is 12.9. The van der Waals surface area contributed by atoms with Gasteiger partial charge in [-0.05, 0) is 42.5 Å². The fourth-order valence-corrected chi connectivity index (χ4v) is 1.99. The van der Waals surface area contributed by atoms with Crippen molar-refractivity contribution in [1.29, 1.82) is 10.5 Å². The highest BCUT2D eigenvalue weighted by atomic mass is 19.4. The Balaban J connectivity index is 1.98. The monoisotopic (exact) mass is 331 g/mol. The second-order valence-corrected chi connectivity index (χ2v) is 4.78. The molecule has 0 bridgehead atoms. The number of nitrogens with zero attached hydrogens (tertiary/aromatic N) is 2. The number of hydrogen-bond acceptors (Lipinski definition) is 4. The molecule has 7 heteroatoms. The summed E-state index contributed by atoms with van der Waals surface area (Å²) >= 11 is 0.